The first-order chi connectivity index (χ1) is 32.7. The molecule has 2 bridgehead atoms. The van der Waals surface area contributed by atoms with Crippen molar-refractivity contribution in [3.8, 4) is 0 Å². The molecule has 5 saturated carbocycles. The van der Waals surface area contributed by atoms with Crippen molar-refractivity contribution in [2.45, 2.75) is 385 Å². The van der Waals surface area contributed by atoms with Gasteiger partial charge in [-0.15, -0.1) is 0 Å². The Bertz CT molecular complexity index is 1630. The molecular weight excluding hydrogens is 957 g/mol. The van der Waals surface area contributed by atoms with Crippen molar-refractivity contribution in [3.05, 3.63) is 0 Å². The van der Waals surface area contributed by atoms with Gasteiger partial charge in [-0.25, -0.2) is 0 Å². The maximum absolute atomic E-state index is 12.5. The van der Waals surface area contributed by atoms with E-state index in [2.05, 4.69) is 62.3 Å². The molecule has 0 amide bonds. The smallest absolute Gasteiger partial charge is 0.312 e. The number of carbonyl (C=O) groups excluding carboxylic acids is 4. The van der Waals surface area contributed by atoms with Crippen LogP contribution in [-0.2, 0) is 38.1 Å². The van der Waals surface area contributed by atoms with Crippen LogP contribution in [0.3, 0.4) is 0 Å². The van der Waals surface area contributed by atoms with Gasteiger partial charge >= 0.3 is 23.9 Å². The lowest BCUT2D eigenvalue weighted by Gasteiger charge is -2.46. The van der Waals surface area contributed by atoms with E-state index in [-0.39, 0.29) is 123 Å². The molecule has 0 aliphatic heterocycles. The van der Waals surface area contributed by atoms with Gasteiger partial charge in [0, 0.05) is 5.41 Å². The quantitative estimate of drug-likeness (QED) is 0.102. The van der Waals surface area contributed by atoms with Gasteiger partial charge in [-0.3, -0.25) is 19.2 Å². The van der Waals surface area contributed by atoms with E-state index in [1.807, 2.05) is 69.2 Å². The minimum absolute atomic E-state index is 0. The Kier molecular flexibility index (Phi) is 38.0. The third kappa shape index (κ3) is 23.3. The standard InChI is InChI=1S/C17H30O2.C17H32O2.C15H28O2.C14H26O2.6CH4/c1-8-14(2,3)13(18)19-17(7)11-12-9-10-16(17,6)15(12,4)5;1-5-16(2,3)15(18)19-17(4)13-11-9-7-6-8-10-12-14-17;1-5-14(3,4)13(16)17-15(6-2)11-9-7-8-10-12-15;1-5-13(2,3)12(15)16-14(4)10-8-6-7-9-11-14;;;;;;/h12H,8-11H2,1-7H3;5-14H2,1-4H3;5-12H2,1-4H3;5-11H2,1-4H3;6*1H4. The van der Waals surface area contributed by atoms with E-state index in [0.717, 1.165) is 77.0 Å². The van der Waals surface area contributed by atoms with Crippen LogP contribution in [0.2, 0.25) is 0 Å². The molecule has 3 atom stereocenters. The van der Waals surface area contributed by atoms with E-state index in [1.165, 1.54) is 109 Å². The number of carbonyl (C=O) groups is 4. The Labute approximate surface area is 483 Å². The fourth-order valence-electron chi connectivity index (χ4n) is 11.3. The summed E-state index contributed by atoms with van der Waals surface area (Å²) in [6, 6.07) is 0. The summed E-state index contributed by atoms with van der Waals surface area (Å²) in [6.07, 6.45) is 32.9. The van der Waals surface area contributed by atoms with Crippen molar-refractivity contribution in [2.75, 3.05) is 0 Å². The van der Waals surface area contributed by atoms with Crippen LogP contribution in [-0.4, -0.2) is 46.3 Å². The fourth-order valence-corrected chi connectivity index (χ4v) is 11.3. The molecule has 0 spiro atoms. The maximum atomic E-state index is 12.5. The molecule has 8 nitrogen and oxygen atoms in total. The molecule has 5 aliphatic carbocycles. The third-order valence-corrected chi connectivity index (χ3v) is 20.0. The first kappa shape index (κ1) is 83.7. The van der Waals surface area contributed by atoms with Crippen molar-refractivity contribution >= 4 is 23.9 Å². The zero-order valence-electron chi connectivity index (χ0n) is 50.3. The van der Waals surface area contributed by atoms with E-state index in [9.17, 15) is 19.2 Å². The summed E-state index contributed by atoms with van der Waals surface area (Å²) in [5, 5.41) is 0. The van der Waals surface area contributed by atoms with Gasteiger partial charge in [0.05, 0.1) is 21.7 Å². The molecule has 0 saturated heterocycles. The summed E-state index contributed by atoms with van der Waals surface area (Å²) >= 11 is 0. The molecule has 8 heteroatoms. The number of rotatable bonds is 13. The molecule has 5 rings (SSSR count). The second-order valence-corrected chi connectivity index (χ2v) is 27.5. The van der Waals surface area contributed by atoms with Crippen LogP contribution < -0.4 is 0 Å². The highest BCUT2D eigenvalue weighted by Gasteiger charge is 2.69. The highest BCUT2D eigenvalue weighted by molar-refractivity contribution is 5.77. The first-order valence-electron chi connectivity index (χ1n) is 29.7. The predicted molar refractivity (Wildman–Crippen MR) is 335 cm³/mol. The van der Waals surface area contributed by atoms with E-state index in [1.54, 1.807) is 0 Å². The summed E-state index contributed by atoms with van der Waals surface area (Å²) in [7, 11) is 0. The summed E-state index contributed by atoms with van der Waals surface area (Å²) in [5.74, 6) is 0.611. The molecule has 0 radical (unpaired) electrons. The van der Waals surface area contributed by atoms with Crippen LogP contribution >= 0.6 is 0 Å². The van der Waals surface area contributed by atoms with Gasteiger partial charge in [0.2, 0.25) is 0 Å². The molecule has 0 N–H and O–H groups in total. The zero-order chi connectivity index (χ0) is 54.2. The molecule has 0 aromatic carbocycles. The second kappa shape index (κ2) is 35.0. The van der Waals surface area contributed by atoms with Gasteiger partial charge in [0.15, 0.2) is 0 Å². The summed E-state index contributed by atoms with van der Waals surface area (Å²) in [4.78, 5) is 49.0. The van der Waals surface area contributed by atoms with Crippen LogP contribution in [0.5, 0.6) is 0 Å². The molecule has 464 valence electrons. The Morgan fingerprint density at radius 1 is 0.377 bits per heavy atom. The lowest BCUT2D eigenvalue weighted by Crippen LogP contribution is -2.49. The van der Waals surface area contributed by atoms with Crippen molar-refractivity contribution in [1.82, 2.24) is 0 Å². The number of esters is 4. The predicted octanol–water partition coefficient (Wildman–Crippen LogP) is 22.2. The fraction of sp³-hybridized carbons (Fsp3) is 0.942. The van der Waals surface area contributed by atoms with Gasteiger partial charge in [0.25, 0.3) is 0 Å². The van der Waals surface area contributed by atoms with E-state index < -0.39 is 0 Å². The molecule has 3 unspecified atom stereocenters. The number of hydrogen-bond acceptors (Lipinski definition) is 8. The maximum Gasteiger partial charge on any atom is 0.312 e. The van der Waals surface area contributed by atoms with E-state index >= 15 is 0 Å². The van der Waals surface area contributed by atoms with Crippen molar-refractivity contribution in [1.29, 1.82) is 0 Å². The van der Waals surface area contributed by atoms with E-state index in [4.69, 9.17) is 18.9 Å². The van der Waals surface area contributed by atoms with Gasteiger partial charge in [0.1, 0.15) is 22.4 Å². The summed E-state index contributed by atoms with van der Waals surface area (Å²) in [6.45, 7) is 39.6. The monoisotopic (exact) mass is 1100 g/mol. The minimum atomic E-state index is -0.370. The molecule has 5 aliphatic rings. The SMILES string of the molecule is C.C.C.C.C.C.CCC(C)(C)C(=O)OC1(C)CC2CCC1(C)C2(C)C.CCC(C)(C)C(=O)OC1(C)CCCCCC1.CCC(C)(C)C(=O)OC1(C)CCCCCCCCC1.CCC1(OC(=O)C(C)(C)CC)CCCCCC1. The van der Waals surface area contributed by atoms with Crippen LogP contribution in [0.4, 0.5) is 0 Å². The molecule has 0 aromatic heterocycles. The van der Waals surface area contributed by atoms with Crippen molar-refractivity contribution in [2.24, 2.45) is 38.4 Å². The summed E-state index contributed by atoms with van der Waals surface area (Å²) < 4.78 is 23.7. The Morgan fingerprint density at radius 2 is 0.636 bits per heavy atom. The molecule has 77 heavy (non-hydrogen) atoms. The highest BCUT2D eigenvalue weighted by Crippen LogP contribution is 2.70. The number of fused-ring (bicyclic) bond motifs is 2. The van der Waals surface area contributed by atoms with Gasteiger partial charge in [-0.05, 0) is 216 Å². The Balaban J connectivity index is -0.000000292. The largest absolute Gasteiger partial charge is 0.459 e. The van der Waals surface area contributed by atoms with Crippen molar-refractivity contribution < 1.29 is 38.1 Å². The van der Waals surface area contributed by atoms with Crippen LogP contribution in [0, 0.1) is 38.4 Å². The zero-order valence-corrected chi connectivity index (χ0v) is 50.3. The normalized spacial score (nSPS) is 24.3. The van der Waals surface area contributed by atoms with Crippen LogP contribution in [0.15, 0.2) is 0 Å². The molecule has 0 heterocycles. The average Bonchev–Trinajstić information content (AvgIpc) is 3.51. The molecular formula is C69H140O8. The topological polar surface area (TPSA) is 105 Å². The third-order valence-electron chi connectivity index (χ3n) is 20.0. The van der Waals surface area contributed by atoms with Gasteiger partial charge in [-0.2, -0.15) is 0 Å². The van der Waals surface area contributed by atoms with Crippen LogP contribution in [0.25, 0.3) is 0 Å². The summed E-state index contributed by atoms with van der Waals surface area (Å²) in [5.41, 5.74) is -1.90. The van der Waals surface area contributed by atoms with Gasteiger partial charge < -0.3 is 18.9 Å². The Morgan fingerprint density at radius 3 is 0.883 bits per heavy atom. The minimum Gasteiger partial charge on any atom is -0.459 e. The number of ether oxygens (including phenoxy) is 4. The van der Waals surface area contributed by atoms with Gasteiger partial charge in [-0.1, -0.05) is 158 Å². The lowest BCUT2D eigenvalue weighted by molar-refractivity contribution is -0.185. The second-order valence-electron chi connectivity index (χ2n) is 27.5. The van der Waals surface area contributed by atoms with E-state index in [0.29, 0.717) is 5.92 Å². The lowest BCUT2D eigenvalue weighted by atomic mass is 9.65. The highest BCUT2D eigenvalue weighted by atomic mass is 16.6. The molecule has 0 aromatic rings. The Hall–Kier alpha value is -2.12. The number of hydrogen-bond donors (Lipinski definition) is 0. The first-order valence-corrected chi connectivity index (χ1v) is 29.7. The van der Waals surface area contributed by atoms with Crippen molar-refractivity contribution in [3.63, 3.8) is 0 Å². The average molecular weight is 1100 g/mol. The van der Waals surface area contributed by atoms with Crippen LogP contribution in [0.1, 0.15) is 362 Å². The molecule has 5 fully saturated rings.